The Kier molecular flexibility index (Phi) is 4.97. The number of urea groups is 1. The summed E-state index contributed by atoms with van der Waals surface area (Å²) in [4.78, 5) is 33.5. The van der Waals surface area contributed by atoms with E-state index in [2.05, 4.69) is 10.6 Å². The van der Waals surface area contributed by atoms with E-state index in [9.17, 15) is 19.5 Å². The van der Waals surface area contributed by atoms with E-state index in [1.54, 1.807) is 0 Å². The highest BCUT2D eigenvalue weighted by atomic mass is 16.4. The molecule has 1 rings (SSSR count). The molecule has 114 valence electrons. The zero-order chi connectivity index (χ0) is 15.5. The zero-order valence-electron chi connectivity index (χ0n) is 12.1. The number of hydrogen-bond acceptors (Lipinski definition) is 3. The van der Waals surface area contributed by atoms with Gasteiger partial charge in [-0.15, -0.1) is 0 Å². The summed E-state index contributed by atoms with van der Waals surface area (Å²) in [5.74, 6) is -1.80. The molecule has 20 heavy (non-hydrogen) atoms. The van der Waals surface area contributed by atoms with Crippen molar-refractivity contribution in [2.75, 3.05) is 6.54 Å². The number of primary amides is 1. The van der Waals surface area contributed by atoms with E-state index >= 15 is 0 Å². The van der Waals surface area contributed by atoms with E-state index in [-0.39, 0.29) is 18.5 Å². The molecule has 0 heterocycles. The third-order valence-corrected chi connectivity index (χ3v) is 4.48. The second-order valence-electron chi connectivity index (χ2n) is 5.98. The van der Waals surface area contributed by atoms with Crippen molar-refractivity contribution in [1.29, 1.82) is 0 Å². The van der Waals surface area contributed by atoms with Crippen molar-refractivity contribution in [3.63, 3.8) is 0 Å². The molecule has 3 unspecified atom stereocenters. The maximum Gasteiger partial charge on any atom is 0.315 e. The first-order chi connectivity index (χ1) is 9.16. The molecule has 0 radical (unpaired) electrons. The van der Waals surface area contributed by atoms with Crippen LogP contribution >= 0.6 is 0 Å². The Morgan fingerprint density at radius 1 is 1.30 bits per heavy atom. The molecule has 0 saturated heterocycles. The topological polar surface area (TPSA) is 122 Å². The van der Waals surface area contributed by atoms with Crippen LogP contribution in [0.2, 0.25) is 0 Å². The first kappa shape index (κ1) is 16.3. The number of carboxylic acids is 1. The lowest BCUT2D eigenvalue weighted by Crippen LogP contribution is -2.54. The zero-order valence-corrected chi connectivity index (χ0v) is 12.1. The maximum atomic E-state index is 11.6. The van der Waals surface area contributed by atoms with Crippen LogP contribution in [0.1, 0.15) is 33.6 Å². The van der Waals surface area contributed by atoms with Crippen LogP contribution in [0.25, 0.3) is 0 Å². The van der Waals surface area contributed by atoms with Crippen LogP contribution in [0.3, 0.4) is 0 Å². The van der Waals surface area contributed by atoms with Crippen LogP contribution < -0.4 is 16.4 Å². The molecule has 0 aromatic heterocycles. The van der Waals surface area contributed by atoms with Gasteiger partial charge in [0.15, 0.2) is 0 Å². The Labute approximate surface area is 118 Å². The van der Waals surface area contributed by atoms with Gasteiger partial charge in [0.25, 0.3) is 0 Å². The summed E-state index contributed by atoms with van der Waals surface area (Å²) in [6, 6.07) is -0.571. The number of amides is 3. The van der Waals surface area contributed by atoms with Crippen LogP contribution in [-0.4, -0.2) is 35.6 Å². The van der Waals surface area contributed by atoms with Crippen molar-refractivity contribution in [3.05, 3.63) is 0 Å². The molecule has 0 spiro atoms. The lowest BCUT2D eigenvalue weighted by Gasteiger charge is -2.46. The summed E-state index contributed by atoms with van der Waals surface area (Å²) in [7, 11) is 0. The van der Waals surface area contributed by atoms with Gasteiger partial charge in [-0.05, 0) is 24.2 Å². The van der Waals surface area contributed by atoms with E-state index in [0.29, 0.717) is 12.8 Å². The van der Waals surface area contributed by atoms with E-state index in [0.717, 1.165) is 0 Å². The monoisotopic (exact) mass is 285 g/mol. The van der Waals surface area contributed by atoms with Gasteiger partial charge in [0.1, 0.15) is 0 Å². The predicted octanol–water partition coefficient (Wildman–Crippen LogP) is 0.296. The van der Waals surface area contributed by atoms with Gasteiger partial charge >= 0.3 is 12.0 Å². The number of nitrogens with one attached hydrogen (secondary N) is 2. The lowest BCUT2D eigenvalue weighted by atomic mass is 9.61. The average molecular weight is 285 g/mol. The molecule has 7 heteroatoms. The van der Waals surface area contributed by atoms with Crippen molar-refractivity contribution in [2.45, 2.75) is 39.7 Å². The molecule has 0 aromatic rings. The third-order valence-electron chi connectivity index (χ3n) is 4.48. The Hall–Kier alpha value is -1.79. The largest absolute Gasteiger partial charge is 0.481 e. The third kappa shape index (κ3) is 3.61. The summed E-state index contributed by atoms with van der Waals surface area (Å²) in [6.07, 6.45) is 1.12. The summed E-state index contributed by atoms with van der Waals surface area (Å²) in [6.45, 7) is 5.54. The number of hydrogen-bond donors (Lipinski definition) is 4. The molecule has 0 aromatic carbocycles. The van der Waals surface area contributed by atoms with Crippen molar-refractivity contribution < 1.29 is 19.5 Å². The molecule has 5 N–H and O–H groups in total. The van der Waals surface area contributed by atoms with Crippen molar-refractivity contribution in [2.24, 2.45) is 23.0 Å². The molecule has 1 saturated carbocycles. The van der Waals surface area contributed by atoms with Crippen LogP contribution in [0, 0.1) is 17.3 Å². The molecule has 1 aliphatic carbocycles. The molecule has 1 aliphatic rings. The minimum Gasteiger partial charge on any atom is -0.481 e. The van der Waals surface area contributed by atoms with E-state index < -0.39 is 29.2 Å². The number of carbonyl (C=O) groups excluding carboxylic acids is 2. The minimum absolute atomic E-state index is 0.0108. The first-order valence-corrected chi connectivity index (χ1v) is 6.71. The van der Waals surface area contributed by atoms with Gasteiger partial charge in [-0.2, -0.15) is 0 Å². The van der Waals surface area contributed by atoms with Crippen LogP contribution in [0.4, 0.5) is 4.79 Å². The second kappa shape index (κ2) is 6.11. The Morgan fingerprint density at radius 3 is 2.40 bits per heavy atom. The molecule has 3 atom stereocenters. The van der Waals surface area contributed by atoms with Gasteiger partial charge < -0.3 is 21.5 Å². The normalized spacial score (nSPS) is 28.4. The van der Waals surface area contributed by atoms with E-state index in [4.69, 9.17) is 5.73 Å². The highest BCUT2D eigenvalue weighted by Gasteiger charge is 2.46. The Bertz CT molecular complexity index is 408. The summed E-state index contributed by atoms with van der Waals surface area (Å²) in [5.41, 5.74) is 4.54. The van der Waals surface area contributed by atoms with E-state index in [1.165, 1.54) is 0 Å². The van der Waals surface area contributed by atoms with Gasteiger partial charge in [0.05, 0.1) is 12.5 Å². The Morgan fingerprint density at radius 2 is 1.90 bits per heavy atom. The van der Waals surface area contributed by atoms with E-state index in [1.807, 2.05) is 20.8 Å². The molecule has 0 bridgehead atoms. The highest BCUT2D eigenvalue weighted by molar-refractivity contribution is 5.82. The second-order valence-corrected chi connectivity index (χ2v) is 5.98. The van der Waals surface area contributed by atoms with Gasteiger partial charge in [-0.25, -0.2) is 4.79 Å². The first-order valence-electron chi connectivity index (χ1n) is 6.71. The molecule has 0 aliphatic heterocycles. The van der Waals surface area contributed by atoms with Crippen molar-refractivity contribution in [1.82, 2.24) is 10.6 Å². The number of aliphatic carboxylic acids is 1. The smallest absolute Gasteiger partial charge is 0.315 e. The summed E-state index contributed by atoms with van der Waals surface area (Å²) >= 11 is 0. The molecule has 1 fully saturated rings. The fourth-order valence-electron chi connectivity index (χ4n) is 2.83. The standard InChI is InChI=1S/C13H23N3O4/c1-7-9(16-12(20)15-6-10(14)17)5-4-8(11(18)19)13(7,2)3/h7-9H,4-6H2,1-3H3,(H2,14,17)(H,18,19)(H2,15,16,20). The maximum absolute atomic E-state index is 11.6. The Balaban J connectivity index is 2.64. The van der Waals surface area contributed by atoms with Gasteiger partial charge in [0.2, 0.25) is 5.91 Å². The number of carbonyl (C=O) groups is 3. The SMILES string of the molecule is CC1C(NC(=O)NCC(N)=O)CCC(C(=O)O)C1(C)C. The molecule has 7 nitrogen and oxygen atoms in total. The van der Waals surface area contributed by atoms with Crippen molar-refractivity contribution >= 4 is 17.9 Å². The van der Waals surface area contributed by atoms with Crippen LogP contribution in [0.15, 0.2) is 0 Å². The van der Waals surface area contributed by atoms with Gasteiger partial charge in [-0.1, -0.05) is 20.8 Å². The highest BCUT2D eigenvalue weighted by Crippen LogP contribution is 2.44. The molecular formula is C13H23N3O4. The van der Waals surface area contributed by atoms with Gasteiger partial charge in [-0.3, -0.25) is 9.59 Å². The fourth-order valence-corrected chi connectivity index (χ4v) is 2.83. The molecular weight excluding hydrogens is 262 g/mol. The summed E-state index contributed by atoms with van der Waals surface area (Å²) in [5, 5.41) is 14.4. The molecule has 3 amide bonds. The number of rotatable bonds is 4. The quantitative estimate of drug-likeness (QED) is 0.593. The number of nitrogens with two attached hydrogens (primary N) is 1. The fraction of sp³-hybridized carbons (Fsp3) is 0.769. The lowest BCUT2D eigenvalue weighted by molar-refractivity contribution is -0.150. The minimum atomic E-state index is -0.793. The average Bonchev–Trinajstić information content (AvgIpc) is 2.32. The number of carboxylic acid groups (broad SMARTS) is 1. The summed E-state index contributed by atoms with van der Waals surface area (Å²) < 4.78 is 0. The predicted molar refractivity (Wildman–Crippen MR) is 72.8 cm³/mol. The van der Waals surface area contributed by atoms with Crippen molar-refractivity contribution in [3.8, 4) is 0 Å². The van der Waals surface area contributed by atoms with Crippen LogP contribution in [0.5, 0.6) is 0 Å². The van der Waals surface area contributed by atoms with Crippen LogP contribution in [-0.2, 0) is 9.59 Å². The van der Waals surface area contributed by atoms with Gasteiger partial charge in [0, 0.05) is 6.04 Å².